The smallest absolute Gasteiger partial charge is 0.160 e. The molecule has 12 rings (SSSR count). The van der Waals surface area contributed by atoms with Crippen LogP contribution in [0.15, 0.2) is 231 Å². The van der Waals surface area contributed by atoms with Gasteiger partial charge < -0.3 is 4.57 Å². The molecule has 0 unspecified atom stereocenters. The minimum absolute atomic E-state index is 0.689. The van der Waals surface area contributed by atoms with E-state index in [-0.39, 0.29) is 0 Å². The molecule has 12 aromatic rings. The Morgan fingerprint density at radius 1 is 0.302 bits per heavy atom. The van der Waals surface area contributed by atoms with E-state index in [1.807, 2.05) is 18.2 Å². The number of pyridine rings is 1. The van der Waals surface area contributed by atoms with Gasteiger partial charge in [-0.2, -0.15) is 0 Å². The molecule has 4 heteroatoms. The highest BCUT2D eigenvalue weighted by atomic mass is 15.0. The largest absolute Gasteiger partial charge is 0.309 e. The van der Waals surface area contributed by atoms with Crippen LogP contribution in [0.25, 0.3) is 117 Å². The molecular weight excluding hydrogens is 765 g/mol. The van der Waals surface area contributed by atoms with Gasteiger partial charge in [0.05, 0.1) is 33.6 Å². The Morgan fingerprint density at radius 2 is 0.810 bits per heavy atom. The summed E-state index contributed by atoms with van der Waals surface area (Å²) in [6.07, 6.45) is 0. The predicted molar refractivity (Wildman–Crippen MR) is 262 cm³/mol. The minimum atomic E-state index is 0.689. The molecule has 0 saturated carbocycles. The van der Waals surface area contributed by atoms with Crippen LogP contribution < -0.4 is 0 Å². The molecule has 4 nitrogen and oxygen atoms in total. The summed E-state index contributed by atoms with van der Waals surface area (Å²) in [6.45, 7) is 0. The summed E-state index contributed by atoms with van der Waals surface area (Å²) in [7, 11) is 0. The van der Waals surface area contributed by atoms with E-state index in [1.54, 1.807) is 0 Å². The van der Waals surface area contributed by atoms with E-state index in [0.717, 1.165) is 78.0 Å². The Hall–Kier alpha value is -8.47. The Morgan fingerprint density at radius 3 is 1.51 bits per heavy atom. The van der Waals surface area contributed by atoms with Crippen molar-refractivity contribution in [1.29, 1.82) is 0 Å². The van der Waals surface area contributed by atoms with Crippen LogP contribution in [0, 0.1) is 0 Å². The van der Waals surface area contributed by atoms with Gasteiger partial charge in [0.1, 0.15) is 0 Å². The van der Waals surface area contributed by atoms with Crippen LogP contribution >= 0.6 is 0 Å². The maximum atomic E-state index is 5.20. The zero-order chi connectivity index (χ0) is 41.7. The van der Waals surface area contributed by atoms with Crippen molar-refractivity contribution in [2.45, 2.75) is 0 Å². The topological polar surface area (TPSA) is 43.6 Å². The van der Waals surface area contributed by atoms with Crippen molar-refractivity contribution >= 4 is 43.5 Å². The normalized spacial score (nSPS) is 11.5. The number of benzene rings is 9. The first-order valence-electron chi connectivity index (χ1n) is 21.4. The summed E-state index contributed by atoms with van der Waals surface area (Å²) < 4.78 is 2.34. The molecule has 294 valence electrons. The second kappa shape index (κ2) is 15.2. The minimum Gasteiger partial charge on any atom is -0.309 e. The van der Waals surface area contributed by atoms with Gasteiger partial charge in [-0.05, 0) is 70.8 Å². The van der Waals surface area contributed by atoms with E-state index in [1.165, 1.54) is 32.8 Å². The molecule has 0 amide bonds. The maximum Gasteiger partial charge on any atom is 0.160 e. The van der Waals surface area contributed by atoms with Gasteiger partial charge in [-0.3, -0.25) is 0 Å². The van der Waals surface area contributed by atoms with Crippen molar-refractivity contribution in [1.82, 2.24) is 19.5 Å². The van der Waals surface area contributed by atoms with Crippen molar-refractivity contribution in [3.05, 3.63) is 231 Å². The van der Waals surface area contributed by atoms with E-state index in [4.69, 9.17) is 15.0 Å². The third kappa shape index (κ3) is 6.44. The summed E-state index contributed by atoms with van der Waals surface area (Å²) >= 11 is 0. The van der Waals surface area contributed by atoms with Gasteiger partial charge in [-0.1, -0.05) is 182 Å². The number of aromatic nitrogens is 4. The van der Waals surface area contributed by atoms with Crippen molar-refractivity contribution < 1.29 is 0 Å². The SMILES string of the molecule is c1ccc(-c2nc(-c3ccc(-n4c5ccccc5c5ccccc54)cc3)cc(-c3cccc(-c4cccc(-c5cccc6c(-c7ccccc7)nc7ccccc7c56)c4)c3)n2)cc1. The molecule has 3 aromatic heterocycles. The Bertz CT molecular complexity index is 3610. The van der Waals surface area contributed by atoms with Crippen LogP contribution in [0.1, 0.15) is 0 Å². The van der Waals surface area contributed by atoms with Gasteiger partial charge >= 0.3 is 0 Å². The highest BCUT2D eigenvalue weighted by Crippen LogP contribution is 2.40. The Kier molecular flexibility index (Phi) is 8.79. The molecule has 0 radical (unpaired) electrons. The molecule has 0 N–H and O–H groups in total. The summed E-state index contributed by atoms with van der Waals surface area (Å²) in [6, 6.07) is 81.5. The van der Waals surface area contributed by atoms with Gasteiger partial charge in [0.25, 0.3) is 0 Å². The number of para-hydroxylation sites is 3. The fraction of sp³-hybridized carbons (Fsp3) is 0. The zero-order valence-electron chi connectivity index (χ0n) is 34.2. The number of rotatable bonds is 7. The molecule has 0 spiro atoms. The third-order valence-corrected chi connectivity index (χ3v) is 12.2. The predicted octanol–water partition coefficient (Wildman–Crippen LogP) is 15.3. The first kappa shape index (κ1) is 36.4. The molecule has 0 aliphatic heterocycles. The highest BCUT2D eigenvalue weighted by molar-refractivity contribution is 6.17. The first-order valence-corrected chi connectivity index (χ1v) is 21.4. The lowest BCUT2D eigenvalue weighted by molar-refractivity contribution is 1.17. The zero-order valence-corrected chi connectivity index (χ0v) is 34.2. The number of nitrogens with zero attached hydrogens (tertiary/aromatic N) is 4. The van der Waals surface area contributed by atoms with Crippen molar-refractivity contribution in [2.75, 3.05) is 0 Å². The summed E-state index contributed by atoms with van der Waals surface area (Å²) in [5, 5.41) is 5.98. The van der Waals surface area contributed by atoms with Crippen molar-refractivity contribution in [3.63, 3.8) is 0 Å². The highest BCUT2D eigenvalue weighted by Gasteiger charge is 2.17. The Labute approximate surface area is 365 Å². The third-order valence-electron chi connectivity index (χ3n) is 12.2. The lowest BCUT2D eigenvalue weighted by atomic mass is 9.91. The number of hydrogen-bond acceptors (Lipinski definition) is 3. The van der Waals surface area contributed by atoms with Crippen molar-refractivity contribution in [2.24, 2.45) is 0 Å². The molecular formula is C59H38N4. The molecule has 9 aromatic carbocycles. The van der Waals surface area contributed by atoms with Crippen molar-refractivity contribution in [3.8, 4) is 73.1 Å². The monoisotopic (exact) mass is 802 g/mol. The van der Waals surface area contributed by atoms with E-state index < -0.39 is 0 Å². The van der Waals surface area contributed by atoms with E-state index in [9.17, 15) is 0 Å². The fourth-order valence-electron chi connectivity index (χ4n) is 9.23. The fourth-order valence-corrected chi connectivity index (χ4v) is 9.23. The number of fused-ring (bicyclic) bond motifs is 6. The van der Waals surface area contributed by atoms with Crippen LogP contribution in [0.2, 0.25) is 0 Å². The lowest BCUT2D eigenvalue weighted by Crippen LogP contribution is -1.97. The van der Waals surface area contributed by atoms with Crippen LogP contribution in [0.4, 0.5) is 0 Å². The summed E-state index contributed by atoms with van der Waals surface area (Å²) in [5.41, 5.74) is 15.9. The van der Waals surface area contributed by atoms with E-state index >= 15 is 0 Å². The van der Waals surface area contributed by atoms with Gasteiger partial charge in [-0.15, -0.1) is 0 Å². The summed E-state index contributed by atoms with van der Waals surface area (Å²) in [5.74, 6) is 0.689. The van der Waals surface area contributed by atoms with Gasteiger partial charge in [-0.25, -0.2) is 15.0 Å². The second-order valence-electron chi connectivity index (χ2n) is 16.0. The molecule has 0 aliphatic carbocycles. The van der Waals surface area contributed by atoms with E-state index in [2.05, 4.69) is 217 Å². The quantitative estimate of drug-likeness (QED) is 0.151. The maximum absolute atomic E-state index is 5.20. The lowest BCUT2D eigenvalue weighted by Gasteiger charge is -2.15. The van der Waals surface area contributed by atoms with Gasteiger partial charge in [0, 0.05) is 54.9 Å². The van der Waals surface area contributed by atoms with Crippen LogP contribution in [-0.2, 0) is 0 Å². The summed E-state index contributed by atoms with van der Waals surface area (Å²) in [4.78, 5) is 15.6. The van der Waals surface area contributed by atoms with E-state index in [0.29, 0.717) is 5.82 Å². The molecule has 0 saturated heterocycles. The molecule has 3 heterocycles. The average molecular weight is 803 g/mol. The molecule has 63 heavy (non-hydrogen) atoms. The Balaban J connectivity index is 0.948. The molecule has 0 atom stereocenters. The molecule has 0 aliphatic rings. The molecule has 0 fully saturated rings. The molecule has 0 bridgehead atoms. The second-order valence-corrected chi connectivity index (χ2v) is 16.0. The van der Waals surface area contributed by atoms with Gasteiger partial charge in [0.15, 0.2) is 5.82 Å². The first-order chi connectivity index (χ1) is 31.2. The van der Waals surface area contributed by atoms with Crippen LogP contribution in [0.3, 0.4) is 0 Å². The average Bonchev–Trinajstić information content (AvgIpc) is 3.71. The van der Waals surface area contributed by atoms with Gasteiger partial charge in [0.2, 0.25) is 0 Å². The van der Waals surface area contributed by atoms with Crippen LogP contribution in [-0.4, -0.2) is 19.5 Å². The number of hydrogen-bond donors (Lipinski definition) is 0. The van der Waals surface area contributed by atoms with Crippen LogP contribution in [0.5, 0.6) is 0 Å². The standard InChI is InChI=1S/C59H38N4/c1-3-16-40(17-4-1)58-51-28-15-27-47(57(51)50-26-7-10-29-52(50)60-58)44-22-13-20-42(36-44)43-21-14-23-45(37-43)54-38-53(61-59(62-54)41-18-5-2-6-19-41)39-32-34-46(35-33-39)63-55-30-11-8-24-48(55)49-25-9-12-31-56(49)63/h1-38H.